The summed E-state index contributed by atoms with van der Waals surface area (Å²) in [6.45, 7) is 0.598. The molecular formula is C19H16Cl2N4O. The highest BCUT2D eigenvalue weighted by atomic mass is 35.5. The molecule has 0 radical (unpaired) electrons. The van der Waals surface area contributed by atoms with E-state index in [0.717, 1.165) is 23.4 Å². The lowest BCUT2D eigenvalue weighted by atomic mass is 10.0. The van der Waals surface area contributed by atoms with Gasteiger partial charge in [-0.2, -0.15) is 5.10 Å². The van der Waals surface area contributed by atoms with Crippen molar-refractivity contribution in [2.75, 3.05) is 12.0 Å². The van der Waals surface area contributed by atoms with E-state index in [4.69, 9.17) is 33.0 Å². The molecular weight excluding hydrogens is 371 g/mol. The number of imidazole rings is 1. The van der Waals surface area contributed by atoms with Crippen LogP contribution in [0.3, 0.4) is 0 Å². The van der Waals surface area contributed by atoms with Crippen molar-refractivity contribution in [3.63, 3.8) is 0 Å². The Bertz CT molecular complexity index is 940. The van der Waals surface area contributed by atoms with E-state index in [1.165, 1.54) is 0 Å². The van der Waals surface area contributed by atoms with Crippen LogP contribution in [0.5, 0.6) is 5.75 Å². The standard InChI is InChI=1S/C19H16Cl2N4O/c20-13-5-6-16(15(21)11-13)23-24-19-14-3-1-2-4-18(14)26-10-7-17(19)25-9-8-22-12-25/h1-6,8-9,11-12,17,23H,7,10H2. The van der Waals surface area contributed by atoms with Gasteiger partial charge in [0.05, 0.1) is 35.4 Å². The summed E-state index contributed by atoms with van der Waals surface area (Å²) in [4.78, 5) is 4.17. The van der Waals surface area contributed by atoms with Gasteiger partial charge in [0.1, 0.15) is 5.75 Å². The van der Waals surface area contributed by atoms with E-state index in [0.29, 0.717) is 22.3 Å². The Kier molecular flexibility index (Phi) is 4.82. The number of anilines is 1. The van der Waals surface area contributed by atoms with Crippen LogP contribution in [-0.2, 0) is 0 Å². The molecule has 26 heavy (non-hydrogen) atoms. The van der Waals surface area contributed by atoms with Gasteiger partial charge < -0.3 is 9.30 Å². The molecule has 0 aliphatic carbocycles. The van der Waals surface area contributed by atoms with Crippen molar-refractivity contribution in [2.24, 2.45) is 5.10 Å². The Morgan fingerprint density at radius 3 is 2.88 bits per heavy atom. The van der Waals surface area contributed by atoms with Crippen molar-refractivity contribution < 1.29 is 4.74 Å². The van der Waals surface area contributed by atoms with Crippen LogP contribution in [0.4, 0.5) is 5.69 Å². The summed E-state index contributed by atoms with van der Waals surface area (Å²) in [7, 11) is 0. The zero-order valence-corrected chi connectivity index (χ0v) is 15.3. The largest absolute Gasteiger partial charge is 0.493 e. The van der Waals surface area contributed by atoms with E-state index in [9.17, 15) is 0 Å². The first-order valence-corrected chi connectivity index (χ1v) is 8.96. The van der Waals surface area contributed by atoms with Gasteiger partial charge in [0.15, 0.2) is 0 Å². The maximum Gasteiger partial charge on any atom is 0.128 e. The van der Waals surface area contributed by atoms with Crippen molar-refractivity contribution in [1.29, 1.82) is 0 Å². The predicted octanol–water partition coefficient (Wildman–Crippen LogP) is 5.03. The second-order valence-corrected chi connectivity index (χ2v) is 6.74. The van der Waals surface area contributed by atoms with Crippen LogP contribution in [0.25, 0.3) is 0 Å². The zero-order chi connectivity index (χ0) is 17.9. The normalized spacial score (nSPS) is 18.1. The molecule has 1 N–H and O–H groups in total. The van der Waals surface area contributed by atoms with Crippen molar-refractivity contribution >= 4 is 34.6 Å². The van der Waals surface area contributed by atoms with Gasteiger partial charge in [-0.1, -0.05) is 35.3 Å². The number of ether oxygens (including phenoxy) is 1. The molecule has 1 atom stereocenters. The quantitative estimate of drug-likeness (QED) is 0.642. The fourth-order valence-corrected chi connectivity index (χ4v) is 3.43. The van der Waals surface area contributed by atoms with Gasteiger partial charge in [-0.25, -0.2) is 4.98 Å². The number of halogens is 2. The SMILES string of the molecule is Clc1ccc(NN=C2c3ccccc3OCCC2n2ccnc2)c(Cl)c1. The number of hydrogen-bond acceptors (Lipinski definition) is 4. The fourth-order valence-electron chi connectivity index (χ4n) is 2.98. The molecule has 3 aromatic rings. The molecule has 5 nitrogen and oxygen atoms in total. The van der Waals surface area contributed by atoms with E-state index in [2.05, 4.69) is 10.4 Å². The number of aromatic nitrogens is 2. The Morgan fingerprint density at radius 2 is 2.08 bits per heavy atom. The lowest BCUT2D eigenvalue weighted by molar-refractivity contribution is 0.302. The molecule has 7 heteroatoms. The third kappa shape index (κ3) is 3.41. The Labute approximate surface area is 161 Å². The molecule has 0 bridgehead atoms. The number of rotatable bonds is 3. The first-order valence-electron chi connectivity index (χ1n) is 8.20. The van der Waals surface area contributed by atoms with Crippen molar-refractivity contribution in [3.05, 3.63) is 76.8 Å². The zero-order valence-electron chi connectivity index (χ0n) is 13.8. The average molecular weight is 387 g/mol. The van der Waals surface area contributed by atoms with Crippen LogP contribution in [-0.4, -0.2) is 21.9 Å². The van der Waals surface area contributed by atoms with Gasteiger partial charge in [-0.15, -0.1) is 0 Å². The molecule has 0 amide bonds. The van der Waals surface area contributed by atoms with Crippen LogP contribution in [0.2, 0.25) is 10.0 Å². The molecule has 1 unspecified atom stereocenters. The summed E-state index contributed by atoms with van der Waals surface area (Å²) >= 11 is 12.2. The van der Waals surface area contributed by atoms with Crippen LogP contribution < -0.4 is 10.2 Å². The third-order valence-electron chi connectivity index (χ3n) is 4.24. The minimum atomic E-state index is -0.000254. The summed E-state index contributed by atoms with van der Waals surface area (Å²) < 4.78 is 7.95. The lowest BCUT2D eigenvalue weighted by Gasteiger charge is -2.18. The lowest BCUT2D eigenvalue weighted by Crippen LogP contribution is -2.20. The minimum Gasteiger partial charge on any atom is -0.493 e. The second-order valence-electron chi connectivity index (χ2n) is 5.89. The van der Waals surface area contributed by atoms with E-state index >= 15 is 0 Å². The van der Waals surface area contributed by atoms with Crippen LogP contribution in [0.1, 0.15) is 18.0 Å². The highest BCUT2D eigenvalue weighted by Gasteiger charge is 2.26. The minimum absolute atomic E-state index is 0.000254. The van der Waals surface area contributed by atoms with Gasteiger partial charge in [0.2, 0.25) is 0 Å². The molecule has 132 valence electrons. The van der Waals surface area contributed by atoms with Gasteiger partial charge in [0, 0.05) is 29.4 Å². The number of nitrogens with one attached hydrogen (secondary N) is 1. The molecule has 1 aliphatic heterocycles. The Balaban J connectivity index is 1.76. The number of hydrazone groups is 1. The monoisotopic (exact) mass is 386 g/mol. The number of para-hydroxylation sites is 1. The molecule has 1 aliphatic rings. The number of benzene rings is 2. The average Bonchev–Trinajstić information content (AvgIpc) is 3.10. The van der Waals surface area contributed by atoms with E-state index in [1.54, 1.807) is 30.7 Å². The van der Waals surface area contributed by atoms with Crippen LogP contribution in [0.15, 0.2) is 66.3 Å². The summed E-state index contributed by atoms with van der Waals surface area (Å²) in [6.07, 6.45) is 6.27. The summed E-state index contributed by atoms with van der Waals surface area (Å²) in [6, 6.07) is 13.2. The summed E-state index contributed by atoms with van der Waals surface area (Å²) in [5, 5.41) is 5.79. The molecule has 0 spiro atoms. The number of fused-ring (bicyclic) bond motifs is 1. The highest BCUT2D eigenvalue weighted by molar-refractivity contribution is 6.36. The molecule has 0 saturated carbocycles. The van der Waals surface area contributed by atoms with Gasteiger partial charge in [0.25, 0.3) is 0 Å². The van der Waals surface area contributed by atoms with Crippen molar-refractivity contribution in [3.8, 4) is 5.75 Å². The van der Waals surface area contributed by atoms with Crippen LogP contribution in [0, 0.1) is 0 Å². The molecule has 1 aromatic heterocycles. The number of hydrogen-bond donors (Lipinski definition) is 1. The van der Waals surface area contributed by atoms with E-state index in [1.807, 2.05) is 35.0 Å². The van der Waals surface area contributed by atoms with E-state index in [-0.39, 0.29) is 6.04 Å². The first-order chi connectivity index (χ1) is 12.7. The summed E-state index contributed by atoms with van der Waals surface area (Å²) in [5.74, 6) is 0.817. The number of nitrogens with zero attached hydrogens (tertiary/aromatic N) is 3. The maximum absolute atomic E-state index is 6.26. The molecule has 2 aromatic carbocycles. The van der Waals surface area contributed by atoms with Gasteiger partial charge in [-0.3, -0.25) is 5.43 Å². The second kappa shape index (κ2) is 7.40. The molecule has 0 saturated heterocycles. The topological polar surface area (TPSA) is 51.4 Å². The molecule has 4 rings (SSSR count). The Morgan fingerprint density at radius 1 is 1.19 bits per heavy atom. The predicted molar refractivity (Wildman–Crippen MR) is 104 cm³/mol. The first kappa shape index (κ1) is 16.9. The fraction of sp³-hybridized carbons (Fsp3) is 0.158. The van der Waals surface area contributed by atoms with Crippen molar-refractivity contribution in [1.82, 2.24) is 9.55 Å². The molecule has 2 heterocycles. The molecule has 0 fully saturated rings. The maximum atomic E-state index is 6.26. The smallest absolute Gasteiger partial charge is 0.128 e. The van der Waals surface area contributed by atoms with Gasteiger partial charge >= 0.3 is 0 Å². The third-order valence-corrected chi connectivity index (χ3v) is 4.79. The van der Waals surface area contributed by atoms with Crippen molar-refractivity contribution in [2.45, 2.75) is 12.5 Å². The van der Waals surface area contributed by atoms with Gasteiger partial charge in [-0.05, 0) is 30.3 Å². The van der Waals surface area contributed by atoms with E-state index < -0.39 is 0 Å². The Hall–Kier alpha value is -2.50. The summed E-state index contributed by atoms with van der Waals surface area (Å²) in [5.41, 5.74) is 5.58. The van der Waals surface area contributed by atoms with Crippen LogP contribution >= 0.6 is 23.2 Å². The highest BCUT2D eigenvalue weighted by Crippen LogP contribution is 2.31.